The number of imidazole rings is 1. The standard InChI is InChI=1S/C16H14N4O2/c21-16(12-10-20-8-2-1-5-14(20)18-12)19-11-6-9-22-13-4-3-7-17-15(11)13/h1-5,7-8,10-11H,6,9H2,(H,19,21). The van der Waals surface area contributed by atoms with Gasteiger partial charge in [-0.15, -0.1) is 0 Å². The molecule has 0 saturated heterocycles. The fraction of sp³-hybridized carbons (Fsp3) is 0.188. The SMILES string of the molecule is O=C(NC1CCOc2cccnc21)c1cn2ccccc2n1. The smallest absolute Gasteiger partial charge is 0.272 e. The maximum atomic E-state index is 12.4. The summed E-state index contributed by atoms with van der Waals surface area (Å²) in [7, 11) is 0. The maximum absolute atomic E-state index is 12.4. The number of hydrogen-bond acceptors (Lipinski definition) is 4. The van der Waals surface area contributed by atoms with Gasteiger partial charge in [0.25, 0.3) is 5.91 Å². The third-order valence-electron chi connectivity index (χ3n) is 3.70. The predicted octanol–water partition coefficient (Wildman–Crippen LogP) is 1.98. The average molecular weight is 294 g/mol. The number of amides is 1. The van der Waals surface area contributed by atoms with Gasteiger partial charge < -0.3 is 14.5 Å². The molecule has 4 rings (SSSR count). The molecule has 6 nitrogen and oxygen atoms in total. The molecule has 0 radical (unpaired) electrons. The quantitative estimate of drug-likeness (QED) is 0.784. The van der Waals surface area contributed by atoms with Crippen LogP contribution in [0, 0.1) is 0 Å². The number of hydrogen-bond donors (Lipinski definition) is 1. The molecule has 3 aromatic heterocycles. The summed E-state index contributed by atoms with van der Waals surface area (Å²) >= 11 is 0. The minimum atomic E-state index is -0.202. The summed E-state index contributed by atoms with van der Waals surface area (Å²) in [6, 6.07) is 9.19. The number of rotatable bonds is 2. The molecular weight excluding hydrogens is 280 g/mol. The Morgan fingerprint density at radius 1 is 1.32 bits per heavy atom. The Hall–Kier alpha value is -2.89. The zero-order valence-electron chi connectivity index (χ0n) is 11.8. The number of aromatic nitrogens is 3. The Labute approximate surface area is 126 Å². The van der Waals surface area contributed by atoms with Crippen LogP contribution in [0.1, 0.15) is 28.6 Å². The van der Waals surface area contributed by atoms with E-state index < -0.39 is 0 Å². The van der Waals surface area contributed by atoms with E-state index in [1.54, 1.807) is 12.4 Å². The summed E-state index contributed by atoms with van der Waals surface area (Å²) in [4.78, 5) is 21.1. The van der Waals surface area contributed by atoms with Gasteiger partial charge in [0.05, 0.1) is 12.6 Å². The summed E-state index contributed by atoms with van der Waals surface area (Å²) in [6.45, 7) is 0.564. The van der Waals surface area contributed by atoms with E-state index in [1.165, 1.54) is 0 Å². The molecule has 3 aromatic rings. The third-order valence-corrected chi connectivity index (χ3v) is 3.70. The van der Waals surface area contributed by atoms with Crippen LogP contribution >= 0.6 is 0 Å². The molecule has 1 unspecified atom stereocenters. The fourth-order valence-electron chi connectivity index (χ4n) is 2.63. The Morgan fingerprint density at radius 2 is 2.27 bits per heavy atom. The monoisotopic (exact) mass is 294 g/mol. The van der Waals surface area contributed by atoms with Crippen molar-refractivity contribution in [3.63, 3.8) is 0 Å². The molecule has 0 bridgehead atoms. The van der Waals surface area contributed by atoms with E-state index >= 15 is 0 Å². The number of nitrogens with zero attached hydrogens (tertiary/aromatic N) is 3. The minimum Gasteiger partial charge on any atom is -0.491 e. The second kappa shape index (κ2) is 5.14. The van der Waals surface area contributed by atoms with Crippen LogP contribution in [-0.2, 0) is 0 Å². The van der Waals surface area contributed by atoms with Gasteiger partial charge in [-0.3, -0.25) is 9.78 Å². The van der Waals surface area contributed by atoms with Crippen molar-refractivity contribution in [1.82, 2.24) is 19.7 Å². The topological polar surface area (TPSA) is 68.5 Å². The first-order chi connectivity index (χ1) is 10.8. The molecule has 0 aromatic carbocycles. The van der Waals surface area contributed by atoms with E-state index in [-0.39, 0.29) is 11.9 Å². The minimum absolute atomic E-state index is 0.151. The number of pyridine rings is 2. The van der Waals surface area contributed by atoms with Gasteiger partial charge in [-0.25, -0.2) is 4.98 Å². The van der Waals surface area contributed by atoms with Crippen LogP contribution in [0.4, 0.5) is 0 Å². The number of ether oxygens (including phenoxy) is 1. The van der Waals surface area contributed by atoms with Gasteiger partial charge in [-0.2, -0.15) is 0 Å². The van der Waals surface area contributed by atoms with Gasteiger partial charge in [0, 0.05) is 25.0 Å². The molecule has 6 heteroatoms. The lowest BCUT2D eigenvalue weighted by Crippen LogP contribution is -2.33. The zero-order valence-corrected chi connectivity index (χ0v) is 11.8. The summed E-state index contributed by atoms with van der Waals surface area (Å²) in [5.74, 6) is 0.529. The highest BCUT2D eigenvalue weighted by Crippen LogP contribution is 2.29. The van der Waals surface area contributed by atoms with E-state index in [1.807, 2.05) is 40.9 Å². The molecule has 22 heavy (non-hydrogen) atoms. The molecule has 0 saturated carbocycles. The van der Waals surface area contributed by atoms with Crippen molar-refractivity contribution in [3.05, 3.63) is 60.3 Å². The van der Waals surface area contributed by atoms with E-state index in [0.29, 0.717) is 18.7 Å². The van der Waals surface area contributed by atoms with E-state index in [9.17, 15) is 4.79 Å². The summed E-state index contributed by atoms with van der Waals surface area (Å²) in [5.41, 5.74) is 1.92. The molecule has 110 valence electrons. The second-order valence-corrected chi connectivity index (χ2v) is 5.14. The summed E-state index contributed by atoms with van der Waals surface area (Å²) in [5, 5.41) is 3.00. The molecule has 0 spiro atoms. The number of nitrogens with one attached hydrogen (secondary N) is 1. The Bertz CT molecular complexity index is 810. The Morgan fingerprint density at radius 3 is 3.18 bits per heavy atom. The van der Waals surface area contributed by atoms with Crippen LogP contribution in [0.5, 0.6) is 5.75 Å². The largest absolute Gasteiger partial charge is 0.491 e. The summed E-state index contributed by atoms with van der Waals surface area (Å²) in [6.07, 6.45) is 5.99. The molecule has 1 amide bonds. The molecule has 1 aliphatic rings. The lowest BCUT2D eigenvalue weighted by Gasteiger charge is -2.25. The normalized spacial score (nSPS) is 16.8. The Kier molecular flexibility index (Phi) is 3.00. The molecule has 1 N–H and O–H groups in total. The lowest BCUT2D eigenvalue weighted by molar-refractivity contribution is 0.0918. The van der Waals surface area contributed by atoms with Crippen LogP contribution < -0.4 is 10.1 Å². The van der Waals surface area contributed by atoms with Gasteiger partial charge in [0.15, 0.2) is 0 Å². The van der Waals surface area contributed by atoms with Gasteiger partial charge in [0.1, 0.15) is 22.8 Å². The molecule has 1 aliphatic heterocycles. The maximum Gasteiger partial charge on any atom is 0.272 e. The van der Waals surface area contributed by atoms with Gasteiger partial charge in [0.2, 0.25) is 0 Å². The number of fused-ring (bicyclic) bond motifs is 2. The molecule has 0 fully saturated rings. The van der Waals surface area contributed by atoms with Crippen LogP contribution in [0.15, 0.2) is 48.9 Å². The van der Waals surface area contributed by atoms with Crippen molar-refractivity contribution in [2.75, 3.05) is 6.61 Å². The van der Waals surface area contributed by atoms with Crippen LogP contribution in [0.2, 0.25) is 0 Å². The van der Waals surface area contributed by atoms with Gasteiger partial charge >= 0.3 is 0 Å². The van der Waals surface area contributed by atoms with Crippen molar-refractivity contribution in [3.8, 4) is 5.75 Å². The van der Waals surface area contributed by atoms with Crippen molar-refractivity contribution in [1.29, 1.82) is 0 Å². The molecule has 1 atom stereocenters. The van der Waals surface area contributed by atoms with E-state index in [4.69, 9.17) is 4.74 Å². The highest BCUT2D eigenvalue weighted by molar-refractivity contribution is 5.93. The van der Waals surface area contributed by atoms with Gasteiger partial charge in [-0.05, 0) is 24.3 Å². The molecule has 4 heterocycles. The van der Waals surface area contributed by atoms with Crippen molar-refractivity contribution in [2.24, 2.45) is 0 Å². The molecule has 0 aliphatic carbocycles. The van der Waals surface area contributed by atoms with Gasteiger partial charge in [-0.1, -0.05) is 6.07 Å². The first-order valence-corrected chi connectivity index (χ1v) is 7.13. The highest BCUT2D eigenvalue weighted by Gasteiger charge is 2.25. The molecular formula is C16H14N4O2. The van der Waals surface area contributed by atoms with Crippen LogP contribution in [-0.4, -0.2) is 26.9 Å². The summed E-state index contributed by atoms with van der Waals surface area (Å²) < 4.78 is 7.38. The van der Waals surface area contributed by atoms with E-state index in [2.05, 4.69) is 15.3 Å². The lowest BCUT2D eigenvalue weighted by atomic mass is 10.1. The van der Waals surface area contributed by atoms with Crippen LogP contribution in [0.25, 0.3) is 5.65 Å². The average Bonchev–Trinajstić information content (AvgIpc) is 2.99. The third kappa shape index (κ3) is 2.18. The Balaban J connectivity index is 1.60. The first kappa shape index (κ1) is 12.8. The van der Waals surface area contributed by atoms with Crippen molar-refractivity contribution < 1.29 is 9.53 Å². The number of carbonyl (C=O) groups is 1. The highest BCUT2D eigenvalue weighted by atomic mass is 16.5. The van der Waals surface area contributed by atoms with Crippen molar-refractivity contribution >= 4 is 11.6 Å². The number of carbonyl (C=O) groups excluding carboxylic acids is 1. The predicted molar refractivity (Wildman–Crippen MR) is 79.7 cm³/mol. The fourth-order valence-corrected chi connectivity index (χ4v) is 2.63. The zero-order chi connectivity index (χ0) is 14.9. The van der Waals surface area contributed by atoms with Crippen LogP contribution in [0.3, 0.4) is 0 Å². The first-order valence-electron chi connectivity index (χ1n) is 7.13. The second-order valence-electron chi connectivity index (χ2n) is 5.14. The van der Waals surface area contributed by atoms with E-state index in [0.717, 1.165) is 17.1 Å². The van der Waals surface area contributed by atoms with Crippen molar-refractivity contribution in [2.45, 2.75) is 12.5 Å².